The molecule has 0 aliphatic heterocycles. The first-order chi connectivity index (χ1) is 24.8. The smallest absolute Gasteiger partial charge is 0.404 e. The van der Waals surface area contributed by atoms with Crippen LogP contribution in [0.3, 0.4) is 0 Å². The van der Waals surface area contributed by atoms with E-state index >= 15 is 0 Å². The number of carbonyl (C=O) groups is 2. The summed E-state index contributed by atoms with van der Waals surface area (Å²) in [5.74, 6) is -0.278. The Kier molecular flexibility index (Phi) is 20.3. The van der Waals surface area contributed by atoms with Crippen LogP contribution >= 0.6 is 0 Å². The summed E-state index contributed by atoms with van der Waals surface area (Å²) in [6.45, 7) is 5.62. The number of carboxylic acid groups (broad SMARTS) is 1. The van der Waals surface area contributed by atoms with Crippen molar-refractivity contribution < 1.29 is 51.5 Å². The van der Waals surface area contributed by atoms with Gasteiger partial charge < -0.3 is 44.2 Å². The van der Waals surface area contributed by atoms with Crippen LogP contribution in [0.5, 0.6) is 0 Å². The van der Waals surface area contributed by atoms with E-state index in [0.717, 1.165) is 24.0 Å². The number of rotatable bonds is 28. The zero-order valence-electron chi connectivity index (χ0n) is 28.6. The van der Waals surface area contributed by atoms with Crippen molar-refractivity contribution in [2.75, 3.05) is 91.1 Å². The number of nitrogens with zero attached hydrogens (tertiary/aromatic N) is 1. The number of amides is 2. The van der Waals surface area contributed by atoms with E-state index in [9.17, 15) is 18.0 Å². The molecule has 0 unspecified atom stereocenters. The van der Waals surface area contributed by atoms with E-state index in [1.807, 2.05) is 0 Å². The average molecular weight is 733 g/mol. The summed E-state index contributed by atoms with van der Waals surface area (Å²) in [5, 5.41) is 13.4. The molecule has 15 nitrogen and oxygen atoms in total. The lowest BCUT2D eigenvalue weighted by Gasteiger charge is -2.09. The molecule has 280 valence electrons. The van der Waals surface area contributed by atoms with Gasteiger partial charge in [-0.25, -0.2) is 17.9 Å². The monoisotopic (exact) mass is 732 g/mol. The van der Waals surface area contributed by atoms with Gasteiger partial charge >= 0.3 is 6.09 Å². The lowest BCUT2D eigenvalue weighted by atomic mass is 10.1. The van der Waals surface area contributed by atoms with Gasteiger partial charge in [0.25, 0.3) is 5.91 Å². The SMILES string of the molecule is O=C(O)NCCOCCOCCOCCOCCOCCOCCCc1ccc(S(=O)(=O)NCc2ccc(C(=O)Nc3cccnc3)cc2)cc1. The number of carbonyl (C=O) groups excluding carboxylic acids is 1. The van der Waals surface area contributed by atoms with Crippen LogP contribution in [0.15, 0.2) is 78.0 Å². The second-order valence-corrected chi connectivity index (χ2v) is 12.6. The quantitative estimate of drug-likeness (QED) is 0.0799. The van der Waals surface area contributed by atoms with Gasteiger partial charge in [0.15, 0.2) is 0 Å². The summed E-state index contributed by atoms with van der Waals surface area (Å²) in [6, 6.07) is 17.0. The second-order valence-electron chi connectivity index (χ2n) is 10.9. The first kappa shape index (κ1) is 41.4. The highest BCUT2D eigenvalue weighted by atomic mass is 32.2. The fourth-order valence-electron chi connectivity index (χ4n) is 4.32. The number of benzene rings is 2. The minimum atomic E-state index is -3.71. The Labute approximate surface area is 299 Å². The molecule has 2 amide bonds. The van der Waals surface area contributed by atoms with Crippen molar-refractivity contribution in [3.8, 4) is 0 Å². The Hall–Kier alpha value is -4.00. The number of nitrogens with one attached hydrogen (secondary N) is 3. The molecule has 3 rings (SSSR count). The fraction of sp³-hybridized carbons (Fsp3) is 0.457. The van der Waals surface area contributed by atoms with Crippen LogP contribution in [0.1, 0.15) is 27.9 Å². The molecule has 0 saturated carbocycles. The van der Waals surface area contributed by atoms with Crippen LogP contribution in [-0.4, -0.2) is 116 Å². The van der Waals surface area contributed by atoms with Crippen LogP contribution in [0.2, 0.25) is 0 Å². The summed E-state index contributed by atoms with van der Waals surface area (Å²) >= 11 is 0. The molecule has 4 N–H and O–H groups in total. The van der Waals surface area contributed by atoms with E-state index in [1.54, 1.807) is 73.1 Å². The number of aromatic nitrogens is 1. The van der Waals surface area contributed by atoms with E-state index in [1.165, 1.54) is 0 Å². The molecule has 1 aromatic heterocycles. The molecule has 0 aliphatic carbocycles. The Morgan fingerprint density at radius 3 is 1.73 bits per heavy atom. The molecule has 0 aliphatic rings. The minimum absolute atomic E-state index is 0.0902. The maximum absolute atomic E-state index is 12.8. The van der Waals surface area contributed by atoms with Gasteiger partial charge in [0.1, 0.15) is 0 Å². The van der Waals surface area contributed by atoms with Gasteiger partial charge in [-0.2, -0.15) is 0 Å². The summed E-state index contributed by atoms with van der Waals surface area (Å²) in [6.07, 6.45) is 3.64. The highest BCUT2D eigenvalue weighted by Gasteiger charge is 2.14. The topological polar surface area (TPSA) is 193 Å². The first-order valence-electron chi connectivity index (χ1n) is 16.7. The van der Waals surface area contributed by atoms with Crippen LogP contribution < -0.4 is 15.4 Å². The minimum Gasteiger partial charge on any atom is -0.465 e. The largest absolute Gasteiger partial charge is 0.465 e. The van der Waals surface area contributed by atoms with Crippen molar-refractivity contribution in [1.29, 1.82) is 0 Å². The second kappa shape index (κ2) is 25.0. The number of ether oxygens (including phenoxy) is 6. The third kappa shape index (κ3) is 18.7. The highest BCUT2D eigenvalue weighted by Crippen LogP contribution is 2.14. The van der Waals surface area contributed by atoms with Crippen LogP contribution in [0, 0.1) is 0 Å². The van der Waals surface area contributed by atoms with Gasteiger partial charge in [-0.15, -0.1) is 0 Å². The molecule has 0 atom stereocenters. The van der Waals surface area contributed by atoms with Crippen molar-refractivity contribution in [1.82, 2.24) is 15.0 Å². The predicted octanol–water partition coefficient (Wildman–Crippen LogP) is 3.11. The number of aryl methyl sites for hydroxylation is 1. The Balaban J connectivity index is 1.13. The van der Waals surface area contributed by atoms with E-state index in [2.05, 4.69) is 20.3 Å². The standard InChI is InChI=1S/C35H48N4O11S/c40-34(39-32-4-1-13-36-28-32)31-9-5-30(6-10-31)27-38-51(43,44)33-11-7-29(8-12-33)3-2-15-45-17-19-47-21-23-49-25-26-50-24-22-48-20-18-46-16-14-37-35(41)42/h1,4-13,28,37-38H,2-3,14-27H2,(H,39,40)(H,41,42). The zero-order chi connectivity index (χ0) is 36.4. The summed E-state index contributed by atoms with van der Waals surface area (Å²) < 4.78 is 60.8. The molecule has 3 aromatic rings. The number of hydrogen-bond donors (Lipinski definition) is 4. The number of pyridine rings is 1. The Bertz CT molecular complexity index is 1500. The van der Waals surface area contributed by atoms with Crippen molar-refractivity contribution >= 4 is 27.7 Å². The predicted molar refractivity (Wildman–Crippen MR) is 188 cm³/mol. The van der Waals surface area contributed by atoms with Gasteiger partial charge in [0.05, 0.1) is 89.5 Å². The average Bonchev–Trinajstić information content (AvgIpc) is 3.13. The van der Waals surface area contributed by atoms with Gasteiger partial charge in [0, 0.05) is 31.5 Å². The Morgan fingerprint density at radius 1 is 0.667 bits per heavy atom. The lowest BCUT2D eigenvalue weighted by Crippen LogP contribution is -2.25. The van der Waals surface area contributed by atoms with Crippen LogP contribution in [0.4, 0.5) is 10.5 Å². The molecule has 1 heterocycles. The lowest BCUT2D eigenvalue weighted by molar-refractivity contribution is -0.0166. The van der Waals surface area contributed by atoms with Gasteiger partial charge in [0.2, 0.25) is 10.0 Å². The molecule has 16 heteroatoms. The normalized spacial score (nSPS) is 11.4. The zero-order valence-corrected chi connectivity index (χ0v) is 29.4. The Morgan fingerprint density at radius 2 is 1.20 bits per heavy atom. The molecule has 0 fully saturated rings. The van der Waals surface area contributed by atoms with Crippen LogP contribution in [0.25, 0.3) is 0 Å². The molecule has 2 aromatic carbocycles. The maximum atomic E-state index is 12.8. The highest BCUT2D eigenvalue weighted by molar-refractivity contribution is 7.89. The van der Waals surface area contributed by atoms with Crippen molar-refractivity contribution in [3.63, 3.8) is 0 Å². The molecule has 0 radical (unpaired) electrons. The third-order valence-electron chi connectivity index (χ3n) is 6.97. The van der Waals surface area contributed by atoms with Gasteiger partial charge in [-0.1, -0.05) is 24.3 Å². The number of anilines is 1. The van der Waals surface area contributed by atoms with Crippen LogP contribution in [-0.2, 0) is 51.4 Å². The summed E-state index contributed by atoms with van der Waals surface area (Å²) in [4.78, 5) is 26.8. The van der Waals surface area contributed by atoms with E-state index in [4.69, 9.17) is 33.5 Å². The summed E-state index contributed by atoms with van der Waals surface area (Å²) in [5.41, 5.74) is 2.77. The van der Waals surface area contributed by atoms with E-state index in [0.29, 0.717) is 90.5 Å². The molecular weight excluding hydrogens is 684 g/mol. The number of hydrogen-bond acceptors (Lipinski definition) is 11. The maximum Gasteiger partial charge on any atom is 0.404 e. The van der Waals surface area contributed by atoms with E-state index in [-0.39, 0.29) is 23.9 Å². The molecule has 0 spiro atoms. The fourth-order valence-corrected chi connectivity index (χ4v) is 5.34. The summed E-state index contributed by atoms with van der Waals surface area (Å²) in [7, 11) is -3.71. The van der Waals surface area contributed by atoms with Gasteiger partial charge in [-0.3, -0.25) is 9.78 Å². The molecular formula is C35H48N4O11S. The third-order valence-corrected chi connectivity index (χ3v) is 8.39. The van der Waals surface area contributed by atoms with E-state index < -0.39 is 16.1 Å². The van der Waals surface area contributed by atoms with Crippen molar-refractivity contribution in [2.24, 2.45) is 0 Å². The van der Waals surface area contributed by atoms with Crippen molar-refractivity contribution in [2.45, 2.75) is 24.3 Å². The first-order valence-corrected chi connectivity index (χ1v) is 18.1. The van der Waals surface area contributed by atoms with Gasteiger partial charge in [-0.05, 0) is 60.4 Å². The van der Waals surface area contributed by atoms with Crippen molar-refractivity contribution in [3.05, 3.63) is 89.7 Å². The molecule has 51 heavy (non-hydrogen) atoms. The molecule has 0 saturated heterocycles. The molecule has 0 bridgehead atoms. The number of sulfonamides is 1.